The zero-order valence-corrected chi connectivity index (χ0v) is 9.79. The third-order valence-corrected chi connectivity index (χ3v) is 2.29. The summed E-state index contributed by atoms with van der Waals surface area (Å²) in [7, 11) is 0. The van der Waals surface area contributed by atoms with Crippen LogP contribution in [-0.4, -0.2) is 5.60 Å². The minimum Gasteiger partial charge on any atom is -0.486 e. The number of benzene rings is 1. The van der Waals surface area contributed by atoms with Crippen molar-refractivity contribution in [2.45, 2.75) is 39.7 Å². The van der Waals surface area contributed by atoms with Crippen LogP contribution in [0.2, 0.25) is 0 Å². The van der Waals surface area contributed by atoms with Crippen molar-refractivity contribution in [2.75, 3.05) is 0 Å². The first kappa shape index (κ1) is 11.6. The average molecular weight is 203 g/mol. The quantitative estimate of drug-likeness (QED) is 0.754. The summed E-state index contributed by atoms with van der Waals surface area (Å²) in [4.78, 5) is 0. The number of nitrogens with zero attached hydrogens (tertiary/aromatic N) is 1. The highest BCUT2D eigenvalue weighted by atomic mass is 16.5. The van der Waals surface area contributed by atoms with Crippen LogP contribution in [0, 0.1) is 25.2 Å². The van der Waals surface area contributed by atoms with Crippen molar-refractivity contribution in [3.05, 3.63) is 29.3 Å². The summed E-state index contributed by atoms with van der Waals surface area (Å²) in [6.45, 7) is 7.90. The number of nitriles is 1. The molecule has 0 saturated heterocycles. The molecular formula is C13H17NO. The molecule has 80 valence electrons. The Morgan fingerprint density at radius 3 is 2.27 bits per heavy atom. The first-order chi connectivity index (χ1) is 6.96. The third kappa shape index (κ3) is 2.99. The van der Waals surface area contributed by atoms with E-state index in [0.29, 0.717) is 6.42 Å². The predicted molar refractivity (Wildman–Crippen MR) is 60.9 cm³/mol. The molecule has 2 heteroatoms. The Balaban J connectivity index is 2.95. The summed E-state index contributed by atoms with van der Waals surface area (Å²) in [5.41, 5.74) is 1.80. The first-order valence-electron chi connectivity index (χ1n) is 5.08. The Morgan fingerprint density at radius 2 is 1.80 bits per heavy atom. The van der Waals surface area contributed by atoms with Crippen LogP contribution in [0.4, 0.5) is 0 Å². The number of hydrogen-bond acceptors (Lipinski definition) is 2. The monoisotopic (exact) mass is 203 g/mol. The van der Waals surface area contributed by atoms with E-state index >= 15 is 0 Å². The first-order valence-corrected chi connectivity index (χ1v) is 5.08. The van der Waals surface area contributed by atoms with Crippen LogP contribution in [0.25, 0.3) is 0 Å². The minimum atomic E-state index is -0.425. The summed E-state index contributed by atoms with van der Waals surface area (Å²) >= 11 is 0. The highest BCUT2D eigenvalue weighted by Crippen LogP contribution is 2.27. The van der Waals surface area contributed by atoms with Crippen molar-refractivity contribution in [3.8, 4) is 11.8 Å². The summed E-state index contributed by atoms with van der Waals surface area (Å²) in [5.74, 6) is 0.901. The van der Waals surface area contributed by atoms with Gasteiger partial charge in [-0.15, -0.1) is 0 Å². The molecule has 0 atom stereocenters. The smallest absolute Gasteiger partial charge is 0.125 e. The maximum Gasteiger partial charge on any atom is 0.125 e. The Morgan fingerprint density at radius 1 is 1.27 bits per heavy atom. The van der Waals surface area contributed by atoms with Gasteiger partial charge in [-0.05, 0) is 38.8 Å². The molecule has 0 saturated carbocycles. The van der Waals surface area contributed by atoms with Crippen LogP contribution < -0.4 is 4.74 Å². The lowest BCUT2D eigenvalue weighted by atomic mass is 10.0. The molecule has 15 heavy (non-hydrogen) atoms. The van der Waals surface area contributed by atoms with Crippen molar-refractivity contribution >= 4 is 0 Å². The van der Waals surface area contributed by atoms with E-state index < -0.39 is 5.60 Å². The molecule has 0 unspecified atom stereocenters. The van der Waals surface area contributed by atoms with E-state index in [0.717, 1.165) is 16.9 Å². The molecule has 0 aliphatic carbocycles. The van der Waals surface area contributed by atoms with Crippen molar-refractivity contribution in [3.63, 3.8) is 0 Å². The Kier molecular flexibility index (Phi) is 3.36. The Labute approximate surface area is 91.5 Å². The van der Waals surface area contributed by atoms with Crippen LogP contribution in [-0.2, 0) is 0 Å². The van der Waals surface area contributed by atoms with Gasteiger partial charge < -0.3 is 4.74 Å². The molecule has 0 aliphatic rings. The lowest BCUT2D eigenvalue weighted by molar-refractivity contribution is 0.113. The van der Waals surface area contributed by atoms with E-state index in [9.17, 15) is 0 Å². The zero-order valence-electron chi connectivity index (χ0n) is 9.79. The minimum absolute atomic E-state index is 0.390. The highest BCUT2D eigenvalue weighted by Gasteiger charge is 2.21. The number of rotatable bonds is 3. The summed E-state index contributed by atoms with van der Waals surface area (Å²) in [6, 6.07) is 8.19. The van der Waals surface area contributed by atoms with Crippen LogP contribution in [0.3, 0.4) is 0 Å². The van der Waals surface area contributed by atoms with Crippen molar-refractivity contribution < 1.29 is 4.74 Å². The normalized spacial score (nSPS) is 10.9. The Hall–Kier alpha value is -1.49. The van der Waals surface area contributed by atoms with E-state index in [1.807, 2.05) is 45.9 Å². The SMILES string of the molecule is Cc1cccc(C)c1OC(C)(C)CC#N. The topological polar surface area (TPSA) is 33.0 Å². The second-order valence-corrected chi connectivity index (χ2v) is 4.42. The van der Waals surface area contributed by atoms with Gasteiger partial charge >= 0.3 is 0 Å². The fourth-order valence-electron chi connectivity index (χ4n) is 1.46. The largest absolute Gasteiger partial charge is 0.486 e. The summed E-state index contributed by atoms with van der Waals surface area (Å²) in [6.07, 6.45) is 0.390. The van der Waals surface area contributed by atoms with E-state index in [-0.39, 0.29) is 0 Å². The third-order valence-electron chi connectivity index (χ3n) is 2.29. The molecule has 0 heterocycles. The molecule has 0 fully saturated rings. The molecule has 0 N–H and O–H groups in total. The van der Waals surface area contributed by atoms with Crippen molar-refractivity contribution in [2.24, 2.45) is 0 Å². The zero-order chi connectivity index (χ0) is 11.5. The standard InChI is InChI=1S/C13H17NO/c1-10-6-5-7-11(2)12(10)15-13(3,4)8-9-14/h5-7H,8H2,1-4H3. The second kappa shape index (κ2) is 4.35. The second-order valence-electron chi connectivity index (χ2n) is 4.42. The van der Waals surface area contributed by atoms with Crippen molar-refractivity contribution in [1.82, 2.24) is 0 Å². The number of aryl methyl sites for hydroxylation is 2. The lowest BCUT2D eigenvalue weighted by Crippen LogP contribution is -2.28. The van der Waals surface area contributed by atoms with Gasteiger partial charge in [0.15, 0.2) is 0 Å². The van der Waals surface area contributed by atoms with Gasteiger partial charge in [-0.2, -0.15) is 5.26 Å². The van der Waals surface area contributed by atoms with Gasteiger partial charge in [-0.3, -0.25) is 0 Å². The van der Waals surface area contributed by atoms with Gasteiger partial charge in [0.1, 0.15) is 11.4 Å². The molecule has 0 amide bonds. The molecule has 0 aromatic heterocycles. The molecule has 1 aromatic carbocycles. The Bertz CT molecular complexity index is 368. The van der Waals surface area contributed by atoms with Gasteiger partial charge in [-0.25, -0.2) is 0 Å². The molecule has 0 aliphatic heterocycles. The summed E-state index contributed by atoms with van der Waals surface area (Å²) in [5, 5.41) is 8.69. The summed E-state index contributed by atoms with van der Waals surface area (Å²) < 4.78 is 5.88. The molecule has 0 bridgehead atoms. The van der Waals surface area contributed by atoms with Crippen LogP contribution in [0.1, 0.15) is 31.4 Å². The molecule has 2 nitrogen and oxygen atoms in total. The van der Waals surface area contributed by atoms with Crippen LogP contribution in [0.15, 0.2) is 18.2 Å². The lowest BCUT2D eigenvalue weighted by Gasteiger charge is -2.25. The number of hydrogen-bond donors (Lipinski definition) is 0. The fourth-order valence-corrected chi connectivity index (χ4v) is 1.46. The molecule has 0 spiro atoms. The average Bonchev–Trinajstić information content (AvgIpc) is 2.11. The van der Waals surface area contributed by atoms with Crippen LogP contribution in [0.5, 0.6) is 5.75 Å². The fraction of sp³-hybridized carbons (Fsp3) is 0.462. The molecule has 0 radical (unpaired) electrons. The number of para-hydroxylation sites is 1. The van der Waals surface area contributed by atoms with Crippen molar-refractivity contribution in [1.29, 1.82) is 5.26 Å². The molecule has 1 rings (SSSR count). The van der Waals surface area contributed by atoms with Gasteiger partial charge in [-0.1, -0.05) is 18.2 Å². The molecular weight excluding hydrogens is 186 g/mol. The van der Waals surface area contributed by atoms with Gasteiger partial charge in [0.25, 0.3) is 0 Å². The van der Waals surface area contributed by atoms with Crippen LogP contribution >= 0.6 is 0 Å². The maximum absolute atomic E-state index is 8.69. The van der Waals surface area contributed by atoms with E-state index in [1.165, 1.54) is 0 Å². The van der Waals surface area contributed by atoms with Gasteiger partial charge in [0, 0.05) is 0 Å². The van der Waals surface area contributed by atoms with Gasteiger partial charge in [0.2, 0.25) is 0 Å². The van der Waals surface area contributed by atoms with E-state index in [4.69, 9.17) is 10.00 Å². The highest BCUT2D eigenvalue weighted by molar-refractivity contribution is 5.40. The van der Waals surface area contributed by atoms with Gasteiger partial charge in [0.05, 0.1) is 12.5 Å². The number of ether oxygens (including phenoxy) is 1. The predicted octanol–water partition coefficient (Wildman–Crippen LogP) is 3.37. The van der Waals surface area contributed by atoms with E-state index in [1.54, 1.807) is 0 Å². The van der Waals surface area contributed by atoms with E-state index in [2.05, 4.69) is 6.07 Å². The maximum atomic E-state index is 8.69. The molecule has 1 aromatic rings.